The molecule has 0 unspecified atom stereocenters. The molecular weight excluding hydrogens is 430 g/mol. The van der Waals surface area contributed by atoms with E-state index < -0.39 is 21.7 Å². The molecule has 0 radical (unpaired) electrons. The molecule has 0 aromatic heterocycles. The zero-order valence-electron chi connectivity index (χ0n) is 17.5. The van der Waals surface area contributed by atoms with Gasteiger partial charge in [-0.15, -0.1) is 0 Å². The molecule has 1 aliphatic rings. The predicted octanol–water partition coefficient (Wildman–Crippen LogP) is 1.60. The fourth-order valence-corrected chi connectivity index (χ4v) is 4.83. The average molecular weight is 454 g/mol. The van der Waals surface area contributed by atoms with Gasteiger partial charge in [-0.25, -0.2) is 8.42 Å². The van der Waals surface area contributed by atoms with Crippen molar-refractivity contribution < 1.29 is 18.0 Å². The van der Waals surface area contributed by atoms with Gasteiger partial charge in [-0.05, 0) is 54.7 Å². The third kappa shape index (κ3) is 5.12. The number of likely N-dealkylation sites (tertiary alicyclic amines) is 1. The minimum absolute atomic E-state index is 0.0557. The highest BCUT2D eigenvalue weighted by molar-refractivity contribution is 7.90. The largest absolute Gasteiger partial charge is 0.370 e. The van der Waals surface area contributed by atoms with Gasteiger partial charge < -0.3 is 10.6 Å². The summed E-state index contributed by atoms with van der Waals surface area (Å²) in [4.78, 5) is 26.7. The van der Waals surface area contributed by atoms with Crippen molar-refractivity contribution >= 4 is 27.6 Å². The fourth-order valence-electron chi connectivity index (χ4n) is 3.83. The third-order valence-corrected chi connectivity index (χ3v) is 6.54. The van der Waals surface area contributed by atoms with Crippen LogP contribution in [-0.2, 0) is 9.84 Å². The van der Waals surface area contributed by atoms with Crippen LogP contribution in [0.3, 0.4) is 0 Å². The van der Waals surface area contributed by atoms with Crippen LogP contribution in [0.5, 0.6) is 0 Å². The molecule has 1 saturated heterocycles. The molecule has 0 spiro atoms. The van der Waals surface area contributed by atoms with Crippen LogP contribution in [0.1, 0.15) is 50.6 Å². The zero-order chi connectivity index (χ0) is 23.5. The maximum Gasteiger partial charge on any atom is 0.257 e. The summed E-state index contributed by atoms with van der Waals surface area (Å²) < 4.78 is 24.8. The highest BCUT2D eigenvalue weighted by Gasteiger charge is 2.28. The maximum absolute atomic E-state index is 12.8. The summed E-state index contributed by atoms with van der Waals surface area (Å²) in [5.41, 5.74) is 6.74. The summed E-state index contributed by atoms with van der Waals surface area (Å²) in [7, 11) is -3.62. The van der Waals surface area contributed by atoms with E-state index in [-0.39, 0.29) is 22.3 Å². The first-order valence-electron chi connectivity index (χ1n) is 9.89. The number of carbonyl (C=O) groups is 2. The van der Waals surface area contributed by atoms with Crippen LogP contribution < -0.4 is 11.1 Å². The standard InChI is InChI=1S/C22H23N5O4S/c1-32(30,31)19-12-16(20(28)26-22(24)25)5-6-18(19)15-7-9-27(10-8-15)21(29)17-4-2-3-14(11-17)13-23/h2-6,11-12,15H,7-10H2,1H3,(H4,24,25,26,28). The van der Waals surface area contributed by atoms with E-state index in [4.69, 9.17) is 16.4 Å². The molecule has 2 amide bonds. The number of nitrogens with one attached hydrogen (secondary N) is 2. The van der Waals surface area contributed by atoms with Gasteiger partial charge >= 0.3 is 0 Å². The molecule has 0 bridgehead atoms. The zero-order valence-corrected chi connectivity index (χ0v) is 18.3. The average Bonchev–Trinajstić information content (AvgIpc) is 2.77. The van der Waals surface area contributed by atoms with E-state index in [0.29, 0.717) is 42.6 Å². The van der Waals surface area contributed by atoms with Gasteiger partial charge in [-0.2, -0.15) is 5.26 Å². The summed E-state index contributed by atoms with van der Waals surface area (Å²) in [6.45, 7) is 0.881. The number of carbonyl (C=O) groups excluding carboxylic acids is 2. The second-order valence-corrected chi connectivity index (χ2v) is 9.64. The third-order valence-electron chi connectivity index (χ3n) is 5.38. The van der Waals surface area contributed by atoms with Crippen LogP contribution in [0, 0.1) is 16.7 Å². The molecule has 0 aliphatic carbocycles. The Kier molecular flexibility index (Phi) is 6.60. The van der Waals surface area contributed by atoms with Crippen molar-refractivity contribution in [2.24, 2.45) is 5.73 Å². The maximum atomic E-state index is 12.8. The van der Waals surface area contributed by atoms with Gasteiger partial charge in [-0.3, -0.25) is 20.3 Å². The molecule has 1 aliphatic heterocycles. The van der Waals surface area contributed by atoms with Gasteiger partial charge in [0.1, 0.15) is 0 Å². The first-order chi connectivity index (χ1) is 15.1. The Morgan fingerprint density at radius 2 is 1.84 bits per heavy atom. The topological polar surface area (TPSA) is 157 Å². The minimum atomic E-state index is -3.62. The van der Waals surface area contributed by atoms with E-state index in [1.807, 2.05) is 6.07 Å². The molecular formula is C22H23N5O4S. The number of piperidine rings is 1. The van der Waals surface area contributed by atoms with Gasteiger partial charge in [0, 0.05) is 30.5 Å². The molecule has 1 fully saturated rings. The molecule has 166 valence electrons. The summed E-state index contributed by atoms with van der Waals surface area (Å²) in [6, 6.07) is 13.0. The lowest BCUT2D eigenvalue weighted by molar-refractivity contribution is 0.0712. The lowest BCUT2D eigenvalue weighted by atomic mass is 9.88. The Bertz CT molecular complexity index is 1230. The monoisotopic (exact) mass is 453 g/mol. The Morgan fingerprint density at radius 3 is 2.44 bits per heavy atom. The quantitative estimate of drug-likeness (QED) is 0.471. The van der Waals surface area contributed by atoms with Gasteiger partial charge in [0.15, 0.2) is 15.8 Å². The first-order valence-corrected chi connectivity index (χ1v) is 11.8. The highest BCUT2D eigenvalue weighted by atomic mass is 32.2. The van der Waals surface area contributed by atoms with E-state index in [2.05, 4.69) is 5.32 Å². The van der Waals surface area contributed by atoms with Crippen molar-refractivity contribution in [1.82, 2.24) is 10.2 Å². The minimum Gasteiger partial charge on any atom is -0.370 e. The van der Waals surface area contributed by atoms with E-state index in [0.717, 1.165) is 6.26 Å². The van der Waals surface area contributed by atoms with Crippen molar-refractivity contribution in [1.29, 1.82) is 10.7 Å². The lowest BCUT2D eigenvalue weighted by Gasteiger charge is -2.33. The van der Waals surface area contributed by atoms with Gasteiger partial charge in [0.05, 0.1) is 16.5 Å². The van der Waals surface area contributed by atoms with E-state index in [1.54, 1.807) is 35.2 Å². The van der Waals surface area contributed by atoms with Crippen molar-refractivity contribution in [2.75, 3.05) is 19.3 Å². The number of nitriles is 1. The Balaban J connectivity index is 1.80. The summed E-state index contributed by atoms with van der Waals surface area (Å²) in [5.74, 6) is -1.45. The summed E-state index contributed by atoms with van der Waals surface area (Å²) >= 11 is 0. The second kappa shape index (κ2) is 9.20. The number of nitrogens with zero attached hydrogens (tertiary/aromatic N) is 2. The summed E-state index contributed by atoms with van der Waals surface area (Å²) in [6.07, 6.45) is 2.20. The van der Waals surface area contributed by atoms with Crippen LogP contribution in [0.15, 0.2) is 47.4 Å². The fraction of sp³-hybridized carbons (Fsp3) is 0.273. The van der Waals surface area contributed by atoms with E-state index in [1.165, 1.54) is 12.1 Å². The smallest absolute Gasteiger partial charge is 0.257 e. The number of sulfone groups is 1. The molecule has 2 aromatic rings. The molecule has 2 aromatic carbocycles. The van der Waals surface area contributed by atoms with E-state index >= 15 is 0 Å². The molecule has 1 heterocycles. The lowest BCUT2D eigenvalue weighted by Crippen LogP contribution is -2.38. The molecule has 3 rings (SSSR count). The number of nitrogens with two attached hydrogens (primary N) is 1. The molecule has 10 heteroatoms. The number of hydrogen-bond acceptors (Lipinski definition) is 6. The normalized spacial score (nSPS) is 14.4. The van der Waals surface area contributed by atoms with Crippen LogP contribution in [0.25, 0.3) is 0 Å². The first kappa shape index (κ1) is 23.0. The highest BCUT2D eigenvalue weighted by Crippen LogP contribution is 2.33. The van der Waals surface area contributed by atoms with Crippen molar-refractivity contribution in [2.45, 2.75) is 23.7 Å². The van der Waals surface area contributed by atoms with Crippen LogP contribution in [0.2, 0.25) is 0 Å². The number of amides is 2. The molecule has 32 heavy (non-hydrogen) atoms. The van der Waals surface area contributed by atoms with Crippen LogP contribution in [-0.4, -0.2) is 50.4 Å². The predicted molar refractivity (Wildman–Crippen MR) is 118 cm³/mol. The van der Waals surface area contributed by atoms with E-state index in [9.17, 15) is 18.0 Å². The van der Waals surface area contributed by atoms with Crippen molar-refractivity contribution in [3.05, 3.63) is 64.7 Å². The molecule has 0 atom stereocenters. The Morgan fingerprint density at radius 1 is 1.16 bits per heavy atom. The number of guanidine groups is 1. The van der Waals surface area contributed by atoms with Gasteiger partial charge in [-0.1, -0.05) is 12.1 Å². The van der Waals surface area contributed by atoms with Gasteiger partial charge in [0.2, 0.25) is 0 Å². The summed E-state index contributed by atoms with van der Waals surface area (Å²) in [5, 5.41) is 18.4. The molecule has 0 saturated carbocycles. The van der Waals surface area contributed by atoms with Crippen LogP contribution >= 0.6 is 0 Å². The molecule has 9 nitrogen and oxygen atoms in total. The Labute approximate surface area is 186 Å². The number of rotatable bonds is 4. The number of benzene rings is 2. The second-order valence-electron chi connectivity index (χ2n) is 7.65. The van der Waals surface area contributed by atoms with Crippen molar-refractivity contribution in [3.63, 3.8) is 0 Å². The van der Waals surface area contributed by atoms with Crippen LogP contribution in [0.4, 0.5) is 0 Å². The molecule has 4 N–H and O–H groups in total. The van der Waals surface area contributed by atoms with Crippen molar-refractivity contribution in [3.8, 4) is 6.07 Å². The Hall–Kier alpha value is -3.71. The SMILES string of the molecule is CS(=O)(=O)c1cc(C(=O)NC(=N)N)ccc1C1CCN(C(=O)c2cccc(C#N)c2)CC1. The van der Waals surface area contributed by atoms with Gasteiger partial charge in [0.25, 0.3) is 11.8 Å². The number of hydrogen-bond donors (Lipinski definition) is 3.